The molecule has 2 rings (SSSR count). The van der Waals surface area contributed by atoms with E-state index < -0.39 is 5.97 Å². The number of benzene rings is 1. The molecule has 5 heteroatoms. The van der Waals surface area contributed by atoms with Crippen molar-refractivity contribution in [2.45, 2.75) is 13.5 Å². The molecule has 0 saturated heterocycles. The summed E-state index contributed by atoms with van der Waals surface area (Å²) in [5.41, 5.74) is 1.57. The number of imidazole rings is 1. The van der Waals surface area contributed by atoms with Crippen molar-refractivity contribution >= 4 is 17.6 Å². The lowest BCUT2D eigenvalue weighted by Gasteiger charge is -2.07. The molecule has 1 N–H and O–H groups in total. The van der Waals surface area contributed by atoms with Gasteiger partial charge in [-0.15, -0.1) is 0 Å². The van der Waals surface area contributed by atoms with Gasteiger partial charge in [0.05, 0.1) is 18.6 Å². The van der Waals surface area contributed by atoms with E-state index in [1.807, 2.05) is 18.2 Å². The zero-order valence-electron chi connectivity index (χ0n) is 9.22. The van der Waals surface area contributed by atoms with Gasteiger partial charge in [0.25, 0.3) is 0 Å². The fourth-order valence-corrected chi connectivity index (χ4v) is 1.89. The van der Waals surface area contributed by atoms with Crippen molar-refractivity contribution in [3.8, 4) is 0 Å². The Balaban J connectivity index is 2.37. The maximum Gasteiger partial charge on any atom is 0.354 e. The summed E-state index contributed by atoms with van der Waals surface area (Å²) in [4.78, 5) is 15.1. The Labute approximate surface area is 103 Å². The Morgan fingerprint density at radius 3 is 2.82 bits per heavy atom. The highest BCUT2D eigenvalue weighted by Crippen LogP contribution is 2.17. The van der Waals surface area contributed by atoms with Crippen LogP contribution in [-0.4, -0.2) is 20.6 Å². The fraction of sp³-hybridized carbons (Fsp3) is 0.167. The second-order valence-electron chi connectivity index (χ2n) is 3.70. The Hall–Kier alpha value is -1.81. The Morgan fingerprint density at radius 1 is 1.47 bits per heavy atom. The van der Waals surface area contributed by atoms with E-state index in [1.165, 1.54) is 6.33 Å². The summed E-state index contributed by atoms with van der Waals surface area (Å²) < 4.78 is 1.58. The largest absolute Gasteiger partial charge is 0.477 e. The predicted molar refractivity (Wildman–Crippen MR) is 64.5 cm³/mol. The molecule has 0 amide bonds. The maximum absolute atomic E-state index is 11.1. The summed E-state index contributed by atoms with van der Waals surface area (Å²) in [7, 11) is 0. The van der Waals surface area contributed by atoms with Crippen LogP contribution in [0.1, 0.15) is 21.7 Å². The number of halogens is 1. The van der Waals surface area contributed by atoms with Gasteiger partial charge in [0.1, 0.15) is 5.69 Å². The molecule has 0 saturated carbocycles. The predicted octanol–water partition coefficient (Wildman–Crippen LogP) is 2.59. The molecule has 17 heavy (non-hydrogen) atoms. The molecule has 1 heterocycles. The average Bonchev–Trinajstić information content (AvgIpc) is 2.63. The van der Waals surface area contributed by atoms with Crippen LogP contribution in [0.5, 0.6) is 0 Å². The molecule has 0 aliphatic heterocycles. The summed E-state index contributed by atoms with van der Waals surface area (Å²) in [6.07, 6.45) is 1.52. The molecule has 0 aliphatic carbocycles. The van der Waals surface area contributed by atoms with Gasteiger partial charge in [0, 0.05) is 5.02 Å². The number of carboxylic acid groups (broad SMARTS) is 1. The molecule has 0 fully saturated rings. The van der Waals surface area contributed by atoms with Gasteiger partial charge in [-0.25, -0.2) is 9.78 Å². The lowest BCUT2D eigenvalue weighted by atomic mass is 10.2. The molecule has 2 aromatic rings. The summed E-state index contributed by atoms with van der Waals surface area (Å²) in [6, 6.07) is 7.35. The quantitative estimate of drug-likeness (QED) is 0.911. The normalized spacial score (nSPS) is 10.5. The first-order valence-corrected chi connectivity index (χ1v) is 5.46. The van der Waals surface area contributed by atoms with Crippen LogP contribution in [0.2, 0.25) is 5.02 Å². The molecule has 1 aromatic heterocycles. The summed E-state index contributed by atoms with van der Waals surface area (Å²) >= 11 is 6.03. The van der Waals surface area contributed by atoms with Gasteiger partial charge in [-0.05, 0) is 18.6 Å². The van der Waals surface area contributed by atoms with E-state index >= 15 is 0 Å². The third-order valence-corrected chi connectivity index (χ3v) is 2.89. The van der Waals surface area contributed by atoms with Crippen LogP contribution in [-0.2, 0) is 6.54 Å². The van der Waals surface area contributed by atoms with Crippen molar-refractivity contribution < 1.29 is 9.90 Å². The van der Waals surface area contributed by atoms with Gasteiger partial charge in [-0.2, -0.15) is 0 Å². The van der Waals surface area contributed by atoms with E-state index in [4.69, 9.17) is 16.7 Å². The highest BCUT2D eigenvalue weighted by molar-refractivity contribution is 6.31. The molecule has 4 nitrogen and oxygen atoms in total. The number of aromatic nitrogens is 2. The van der Waals surface area contributed by atoms with E-state index in [0.29, 0.717) is 17.3 Å². The van der Waals surface area contributed by atoms with Crippen LogP contribution in [0.25, 0.3) is 0 Å². The average molecular weight is 251 g/mol. The van der Waals surface area contributed by atoms with E-state index in [0.717, 1.165) is 5.56 Å². The molecule has 0 aliphatic rings. The zero-order chi connectivity index (χ0) is 12.4. The minimum atomic E-state index is -0.980. The number of carboxylic acids is 1. The van der Waals surface area contributed by atoms with Crippen molar-refractivity contribution in [2.24, 2.45) is 0 Å². The number of aryl methyl sites for hydroxylation is 1. The molecule has 0 spiro atoms. The van der Waals surface area contributed by atoms with Crippen molar-refractivity contribution in [1.29, 1.82) is 0 Å². The lowest BCUT2D eigenvalue weighted by molar-refractivity contribution is 0.0685. The molecule has 0 radical (unpaired) electrons. The smallest absolute Gasteiger partial charge is 0.354 e. The van der Waals surface area contributed by atoms with Crippen LogP contribution in [0.3, 0.4) is 0 Å². The Morgan fingerprint density at radius 2 is 2.18 bits per heavy atom. The molecule has 0 bridgehead atoms. The summed E-state index contributed by atoms with van der Waals surface area (Å²) in [5, 5.41) is 9.71. The number of nitrogens with zero attached hydrogens (tertiary/aromatic N) is 2. The van der Waals surface area contributed by atoms with Crippen LogP contribution in [0.15, 0.2) is 30.6 Å². The number of carbonyl (C=O) groups is 1. The first-order chi connectivity index (χ1) is 8.09. The van der Waals surface area contributed by atoms with Gasteiger partial charge >= 0.3 is 5.97 Å². The van der Waals surface area contributed by atoms with E-state index in [9.17, 15) is 4.79 Å². The highest BCUT2D eigenvalue weighted by atomic mass is 35.5. The first-order valence-electron chi connectivity index (χ1n) is 5.08. The zero-order valence-corrected chi connectivity index (χ0v) is 9.98. The minimum Gasteiger partial charge on any atom is -0.477 e. The Bertz CT molecular complexity index is 563. The Kier molecular flexibility index (Phi) is 3.15. The lowest BCUT2D eigenvalue weighted by Crippen LogP contribution is -2.10. The van der Waals surface area contributed by atoms with Gasteiger partial charge < -0.3 is 9.67 Å². The standard InChI is InChI=1S/C12H11ClN2O2/c1-8-11(12(16)17)15(7-14-8)6-9-4-2-3-5-10(9)13/h2-5,7H,6H2,1H3,(H,16,17). The topological polar surface area (TPSA) is 55.1 Å². The van der Waals surface area contributed by atoms with Crippen molar-refractivity contribution in [3.63, 3.8) is 0 Å². The third kappa shape index (κ3) is 2.31. The summed E-state index contributed by atoms with van der Waals surface area (Å²) in [5.74, 6) is -0.980. The molecule has 0 atom stereocenters. The van der Waals surface area contributed by atoms with Crippen LogP contribution < -0.4 is 0 Å². The first kappa shape index (κ1) is 11.7. The van der Waals surface area contributed by atoms with Crippen LogP contribution in [0.4, 0.5) is 0 Å². The van der Waals surface area contributed by atoms with Crippen molar-refractivity contribution in [1.82, 2.24) is 9.55 Å². The molecular weight excluding hydrogens is 240 g/mol. The molecule has 0 unspecified atom stereocenters. The maximum atomic E-state index is 11.1. The number of aromatic carboxylic acids is 1. The minimum absolute atomic E-state index is 0.199. The van der Waals surface area contributed by atoms with Gasteiger partial charge in [0.2, 0.25) is 0 Å². The highest BCUT2D eigenvalue weighted by Gasteiger charge is 2.15. The molecular formula is C12H11ClN2O2. The van der Waals surface area contributed by atoms with E-state index in [2.05, 4.69) is 4.98 Å². The van der Waals surface area contributed by atoms with E-state index in [-0.39, 0.29) is 5.69 Å². The second-order valence-corrected chi connectivity index (χ2v) is 4.11. The monoisotopic (exact) mass is 250 g/mol. The summed E-state index contributed by atoms with van der Waals surface area (Å²) in [6.45, 7) is 2.08. The number of hydrogen-bond acceptors (Lipinski definition) is 2. The number of hydrogen-bond donors (Lipinski definition) is 1. The molecule has 88 valence electrons. The fourth-order valence-electron chi connectivity index (χ4n) is 1.69. The third-order valence-electron chi connectivity index (χ3n) is 2.52. The van der Waals surface area contributed by atoms with Gasteiger partial charge in [-0.1, -0.05) is 29.8 Å². The second kappa shape index (κ2) is 4.59. The van der Waals surface area contributed by atoms with Gasteiger partial charge in [-0.3, -0.25) is 0 Å². The van der Waals surface area contributed by atoms with Crippen LogP contribution in [0, 0.1) is 6.92 Å². The molecule has 1 aromatic carbocycles. The van der Waals surface area contributed by atoms with Crippen molar-refractivity contribution in [2.75, 3.05) is 0 Å². The SMILES string of the molecule is Cc1ncn(Cc2ccccc2Cl)c1C(=O)O. The number of rotatable bonds is 3. The van der Waals surface area contributed by atoms with E-state index in [1.54, 1.807) is 17.6 Å². The van der Waals surface area contributed by atoms with Crippen LogP contribution >= 0.6 is 11.6 Å². The van der Waals surface area contributed by atoms with Crippen molar-refractivity contribution in [3.05, 3.63) is 52.6 Å². The van der Waals surface area contributed by atoms with Gasteiger partial charge in [0.15, 0.2) is 0 Å².